The molecule has 0 aliphatic carbocycles. The van der Waals surface area contributed by atoms with E-state index in [9.17, 15) is 4.79 Å². The lowest BCUT2D eigenvalue weighted by Crippen LogP contribution is -2.25. The molecule has 0 atom stereocenters. The van der Waals surface area contributed by atoms with E-state index in [4.69, 9.17) is 14.2 Å². The fourth-order valence-corrected chi connectivity index (χ4v) is 1.81. The van der Waals surface area contributed by atoms with Gasteiger partial charge in [0.2, 0.25) is 5.75 Å². The van der Waals surface area contributed by atoms with Crippen LogP contribution in [-0.4, -0.2) is 38.2 Å². The van der Waals surface area contributed by atoms with Crippen molar-refractivity contribution in [2.75, 3.05) is 32.3 Å². The van der Waals surface area contributed by atoms with E-state index < -0.39 is 0 Å². The quantitative estimate of drug-likeness (QED) is 0.618. The molecule has 0 aliphatic rings. The van der Waals surface area contributed by atoms with E-state index in [1.807, 2.05) is 0 Å². The maximum atomic E-state index is 12.0. The number of carbonyl (C=O) groups excluding carboxylic acids is 1. The number of hydrogen-bond acceptors (Lipinski definition) is 4. The molecule has 5 nitrogen and oxygen atoms in total. The van der Waals surface area contributed by atoms with Crippen LogP contribution in [-0.2, 0) is 0 Å². The van der Waals surface area contributed by atoms with Crippen LogP contribution in [0.1, 0.15) is 10.4 Å². The molecule has 0 bridgehead atoms. The van der Waals surface area contributed by atoms with Crippen LogP contribution >= 0.6 is 22.6 Å². The Morgan fingerprint density at radius 3 is 2.33 bits per heavy atom. The van der Waals surface area contributed by atoms with Gasteiger partial charge in [0.1, 0.15) is 0 Å². The molecule has 0 saturated heterocycles. The van der Waals surface area contributed by atoms with Crippen LogP contribution in [0.2, 0.25) is 0 Å². The average molecular weight is 365 g/mol. The molecular formula is C12H16INO4. The molecule has 0 heterocycles. The molecule has 1 aromatic rings. The van der Waals surface area contributed by atoms with Gasteiger partial charge in [-0.15, -0.1) is 0 Å². The third-order valence-corrected chi connectivity index (χ3v) is 2.87. The molecule has 100 valence electrons. The van der Waals surface area contributed by atoms with Crippen molar-refractivity contribution >= 4 is 28.5 Å². The predicted octanol–water partition coefficient (Wildman–Crippen LogP) is 1.88. The number of hydrogen-bond donors (Lipinski definition) is 1. The summed E-state index contributed by atoms with van der Waals surface area (Å²) in [4.78, 5) is 12.0. The number of halogens is 1. The Hall–Kier alpha value is -1.18. The van der Waals surface area contributed by atoms with E-state index in [-0.39, 0.29) is 5.91 Å². The first kappa shape index (κ1) is 14.9. The number of benzene rings is 1. The highest BCUT2D eigenvalue weighted by atomic mass is 127. The van der Waals surface area contributed by atoms with Crippen molar-refractivity contribution in [2.45, 2.75) is 0 Å². The lowest BCUT2D eigenvalue weighted by molar-refractivity contribution is 0.0952. The minimum atomic E-state index is -0.190. The number of carbonyl (C=O) groups is 1. The van der Waals surface area contributed by atoms with E-state index >= 15 is 0 Å². The van der Waals surface area contributed by atoms with Crippen LogP contribution in [0.25, 0.3) is 0 Å². The van der Waals surface area contributed by atoms with Crippen molar-refractivity contribution < 1.29 is 19.0 Å². The van der Waals surface area contributed by atoms with E-state index in [1.165, 1.54) is 21.3 Å². The van der Waals surface area contributed by atoms with Gasteiger partial charge in [-0.25, -0.2) is 0 Å². The Morgan fingerprint density at radius 2 is 1.83 bits per heavy atom. The second kappa shape index (κ2) is 7.30. The van der Waals surface area contributed by atoms with Crippen LogP contribution in [0.4, 0.5) is 0 Å². The van der Waals surface area contributed by atoms with Crippen molar-refractivity contribution in [2.24, 2.45) is 0 Å². The lowest BCUT2D eigenvalue weighted by atomic mass is 10.1. The molecule has 0 aromatic heterocycles. The molecule has 1 amide bonds. The van der Waals surface area contributed by atoms with Crippen molar-refractivity contribution in [1.82, 2.24) is 5.32 Å². The van der Waals surface area contributed by atoms with Gasteiger partial charge >= 0.3 is 0 Å². The zero-order valence-electron chi connectivity index (χ0n) is 10.6. The second-order valence-electron chi connectivity index (χ2n) is 3.33. The summed E-state index contributed by atoms with van der Waals surface area (Å²) in [6.07, 6.45) is 0. The number of nitrogens with one attached hydrogen (secondary N) is 1. The highest BCUT2D eigenvalue weighted by Crippen LogP contribution is 2.39. The average Bonchev–Trinajstić information content (AvgIpc) is 2.42. The normalized spacial score (nSPS) is 9.78. The maximum Gasteiger partial charge on any atom is 0.255 e. The zero-order chi connectivity index (χ0) is 13.5. The van der Waals surface area contributed by atoms with Gasteiger partial charge in [0, 0.05) is 11.0 Å². The number of rotatable bonds is 6. The molecule has 0 fully saturated rings. The molecule has 0 spiro atoms. The van der Waals surface area contributed by atoms with Crippen molar-refractivity contribution in [1.29, 1.82) is 0 Å². The molecule has 6 heteroatoms. The molecule has 1 N–H and O–H groups in total. The Kier molecular flexibility index (Phi) is 6.03. The van der Waals surface area contributed by atoms with Gasteiger partial charge in [-0.1, -0.05) is 22.6 Å². The third-order valence-electron chi connectivity index (χ3n) is 2.33. The number of methoxy groups -OCH3 is 3. The summed E-state index contributed by atoms with van der Waals surface area (Å²) < 4.78 is 16.5. The van der Waals surface area contributed by atoms with Crippen molar-refractivity contribution in [3.8, 4) is 17.2 Å². The SMILES string of the molecule is COc1ccc(C(=O)NCCI)c(OC)c1OC. The van der Waals surface area contributed by atoms with Crippen molar-refractivity contribution in [3.05, 3.63) is 17.7 Å². The molecule has 0 aliphatic heterocycles. The molecule has 0 saturated carbocycles. The van der Waals surface area contributed by atoms with Crippen LogP contribution in [0, 0.1) is 0 Å². The topological polar surface area (TPSA) is 56.8 Å². The predicted molar refractivity (Wildman–Crippen MR) is 77.3 cm³/mol. The molecule has 18 heavy (non-hydrogen) atoms. The third kappa shape index (κ3) is 3.18. The largest absolute Gasteiger partial charge is 0.493 e. The van der Waals surface area contributed by atoms with Crippen LogP contribution in [0.5, 0.6) is 17.2 Å². The lowest BCUT2D eigenvalue weighted by Gasteiger charge is -2.15. The summed E-state index contributed by atoms with van der Waals surface area (Å²) in [7, 11) is 4.53. The molecule has 1 rings (SSSR count). The van der Waals surface area contributed by atoms with Gasteiger partial charge in [0.15, 0.2) is 11.5 Å². The summed E-state index contributed by atoms with van der Waals surface area (Å²) >= 11 is 2.19. The first-order valence-electron chi connectivity index (χ1n) is 5.32. The van der Waals surface area contributed by atoms with Gasteiger partial charge in [-0.2, -0.15) is 0 Å². The Bertz CT molecular complexity index is 423. The summed E-state index contributed by atoms with van der Waals surface area (Å²) in [5.41, 5.74) is 0.431. The Balaban J connectivity index is 3.16. The molecule has 0 radical (unpaired) electrons. The van der Waals surface area contributed by atoms with Gasteiger partial charge in [-0.05, 0) is 12.1 Å². The standard InChI is InChI=1S/C12H16INO4/c1-16-9-5-4-8(12(15)14-7-6-13)10(17-2)11(9)18-3/h4-5H,6-7H2,1-3H3,(H,14,15). The number of amides is 1. The Labute approximate surface area is 120 Å². The Morgan fingerprint density at radius 1 is 1.17 bits per heavy atom. The van der Waals surface area contributed by atoms with Gasteiger partial charge in [-0.3, -0.25) is 4.79 Å². The summed E-state index contributed by atoms with van der Waals surface area (Å²) in [6, 6.07) is 3.34. The first-order chi connectivity index (χ1) is 8.69. The monoisotopic (exact) mass is 365 g/mol. The van der Waals surface area contributed by atoms with Crippen LogP contribution < -0.4 is 19.5 Å². The van der Waals surface area contributed by atoms with Gasteiger partial charge in [0.05, 0.1) is 26.9 Å². The molecule has 1 aromatic carbocycles. The van der Waals surface area contributed by atoms with Gasteiger partial charge < -0.3 is 19.5 Å². The first-order valence-corrected chi connectivity index (χ1v) is 6.85. The van der Waals surface area contributed by atoms with E-state index in [2.05, 4.69) is 27.9 Å². The maximum absolute atomic E-state index is 12.0. The van der Waals surface area contributed by atoms with Gasteiger partial charge in [0.25, 0.3) is 5.91 Å². The minimum absolute atomic E-state index is 0.190. The molecular weight excluding hydrogens is 349 g/mol. The minimum Gasteiger partial charge on any atom is -0.493 e. The smallest absolute Gasteiger partial charge is 0.255 e. The number of ether oxygens (including phenoxy) is 3. The highest BCUT2D eigenvalue weighted by molar-refractivity contribution is 14.1. The fraction of sp³-hybridized carbons (Fsp3) is 0.417. The summed E-state index contributed by atoms with van der Waals surface area (Å²) in [6.45, 7) is 0.608. The molecule has 0 unspecified atom stereocenters. The van der Waals surface area contributed by atoms with E-state index in [0.717, 1.165) is 4.43 Å². The number of alkyl halides is 1. The van der Waals surface area contributed by atoms with Crippen molar-refractivity contribution in [3.63, 3.8) is 0 Å². The fourth-order valence-electron chi connectivity index (χ4n) is 1.54. The van der Waals surface area contributed by atoms with E-state index in [0.29, 0.717) is 29.4 Å². The second-order valence-corrected chi connectivity index (χ2v) is 4.41. The zero-order valence-corrected chi connectivity index (χ0v) is 12.7. The highest BCUT2D eigenvalue weighted by Gasteiger charge is 2.20. The summed E-state index contributed by atoms with van der Waals surface area (Å²) in [5.74, 6) is 1.13. The van der Waals surface area contributed by atoms with Crippen LogP contribution in [0.15, 0.2) is 12.1 Å². The summed E-state index contributed by atoms with van der Waals surface area (Å²) in [5, 5.41) is 2.79. The van der Waals surface area contributed by atoms with Crippen LogP contribution in [0.3, 0.4) is 0 Å². The van der Waals surface area contributed by atoms with E-state index in [1.54, 1.807) is 12.1 Å².